The summed E-state index contributed by atoms with van der Waals surface area (Å²) in [6.07, 6.45) is 4.96. The Balaban J connectivity index is 1.49. The summed E-state index contributed by atoms with van der Waals surface area (Å²) in [5.41, 5.74) is 5.02. The fourth-order valence-corrected chi connectivity index (χ4v) is 5.15. The number of carbonyl (C=O) groups excluding carboxylic acids is 1. The minimum absolute atomic E-state index is 0.0307. The van der Waals surface area contributed by atoms with Crippen LogP contribution in [0, 0.1) is 0 Å². The van der Waals surface area contributed by atoms with Gasteiger partial charge in [-0.3, -0.25) is 9.78 Å². The summed E-state index contributed by atoms with van der Waals surface area (Å²) in [6.45, 7) is 0.588. The molecule has 160 valence electrons. The van der Waals surface area contributed by atoms with Gasteiger partial charge in [-0.1, -0.05) is 29.4 Å². The van der Waals surface area contributed by atoms with Crippen molar-refractivity contribution >= 4 is 37.9 Å². The van der Waals surface area contributed by atoms with Gasteiger partial charge in [0, 0.05) is 35.5 Å². The Labute approximate surface area is 189 Å². The predicted molar refractivity (Wildman–Crippen MR) is 126 cm³/mol. The number of aryl methyl sites for hydroxylation is 1. The van der Waals surface area contributed by atoms with Crippen LogP contribution in [0.25, 0.3) is 10.1 Å². The SMILES string of the molecule is COc1ccc(CNc2sc3cnccc3c2C(=O)c2ccc3c(c2)CCC3=NO)cc1. The molecular weight excluding hydrogens is 422 g/mol. The van der Waals surface area contributed by atoms with Crippen LogP contribution >= 0.6 is 11.3 Å². The molecule has 7 heteroatoms. The number of oxime groups is 1. The van der Waals surface area contributed by atoms with Gasteiger partial charge in [0.15, 0.2) is 5.78 Å². The number of rotatable bonds is 6. The number of thiophene rings is 1. The molecule has 1 aliphatic rings. The van der Waals surface area contributed by atoms with Crippen molar-refractivity contribution in [3.63, 3.8) is 0 Å². The molecule has 0 spiro atoms. The second-order valence-corrected chi connectivity index (χ2v) is 8.68. The maximum Gasteiger partial charge on any atom is 0.196 e. The van der Waals surface area contributed by atoms with Crippen LogP contribution in [0.2, 0.25) is 0 Å². The molecule has 0 amide bonds. The first-order valence-electron chi connectivity index (χ1n) is 10.3. The van der Waals surface area contributed by atoms with Crippen LogP contribution in [0.1, 0.15) is 39.0 Å². The first kappa shape index (κ1) is 20.2. The standard InChI is InChI=1S/C25H21N3O3S/c1-31-18-6-2-15(3-7-18)13-27-25-23(20-10-11-26-14-22(20)32-25)24(29)17-4-8-19-16(12-17)5-9-21(19)28-30/h2-4,6-8,10-12,14,27,30H,5,9,13H2,1H3. The second-order valence-electron chi connectivity index (χ2n) is 7.63. The monoisotopic (exact) mass is 443 g/mol. The number of fused-ring (bicyclic) bond motifs is 2. The van der Waals surface area contributed by atoms with Crippen molar-refractivity contribution in [2.75, 3.05) is 12.4 Å². The van der Waals surface area contributed by atoms with Gasteiger partial charge >= 0.3 is 0 Å². The molecule has 2 aromatic carbocycles. The zero-order valence-electron chi connectivity index (χ0n) is 17.5. The summed E-state index contributed by atoms with van der Waals surface area (Å²) in [4.78, 5) is 17.9. The van der Waals surface area contributed by atoms with Crippen LogP contribution in [0.4, 0.5) is 5.00 Å². The minimum Gasteiger partial charge on any atom is -0.497 e. The van der Waals surface area contributed by atoms with Crippen LogP contribution in [-0.2, 0) is 13.0 Å². The predicted octanol–water partition coefficient (Wildman–Crippen LogP) is 5.27. The molecule has 1 aliphatic carbocycles. The number of hydrogen-bond acceptors (Lipinski definition) is 7. The van der Waals surface area contributed by atoms with Crippen LogP contribution < -0.4 is 10.1 Å². The Morgan fingerprint density at radius 2 is 2.03 bits per heavy atom. The lowest BCUT2D eigenvalue weighted by atomic mass is 9.98. The average molecular weight is 444 g/mol. The molecule has 0 saturated heterocycles. The molecule has 4 aromatic rings. The maximum absolute atomic E-state index is 13.6. The van der Waals surface area contributed by atoms with E-state index in [0.29, 0.717) is 29.8 Å². The first-order chi connectivity index (χ1) is 15.7. The molecule has 0 bridgehead atoms. The molecule has 2 aromatic heterocycles. The lowest BCUT2D eigenvalue weighted by molar-refractivity contribution is 0.104. The molecule has 0 unspecified atom stereocenters. The second kappa shape index (κ2) is 8.43. The van der Waals surface area contributed by atoms with Gasteiger partial charge in [-0.2, -0.15) is 0 Å². The van der Waals surface area contributed by atoms with Crippen LogP contribution in [0.3, 0.4) is 0 Å². The number of pyridine rings is 1. The molecule has 0 radical (unpaired) electrons. The Morgan fingerprint density at radius 3 is 2.81 bits per heavy atom. The summed E-state index contributed by atoms with van der Waals surface area (Å²) in [6, 6.07) is 15.4. The van der Waals surface area contributed by atoms with Crippen molar-refractivity contribution in [2.45, 2.75) is 19.4 Å². The van der Waals surface area contributed by atoms with Crippen LogP contribution in [-0.4, -0.2) is 28.8 Å². The van der Waals surface area contributed by atoms with E-state index in [1.54, 1.807) is 19.5 Å². The van der Waals surface area contributed by atoms with E-state index in [2.05, 4.69) is 15.5 Å². The van der Waals surface area contributed by atoms with E-state index < -0.39 is 0 Å². The highest BCUT2D eigenvalue weighted by Crippen LogP contribution is 2.37. The maximum atomic E-state index is 13.6. The van der Waals surface area contributed by atoms with E-state index in [0.717, 1.165) is 43.9 Å². The summed E-state index contributed by atoms with van der Waals surface area (Å²) in [5.74, 6) is 0.778. The Bertz CT molecular complexity index is 1340. The minimum atomic E-state index is -0.0307. The van der Waals surface area contributed by atoms with Gasteiger partial charge in [-0.25, -0.2) is 0 Å². The van der Waals surface area contributed by atoms with E-state index in [1.165, 1.54) is 11.3 Å². The number of anilines is 1. The van der Waals surface area contributed by atoms with Gasteiger partial charge in [0.1, 0.15) is 10.8 Å². The fraction of sp³-hybridized carbons (Fsp3) is 0.160. The van der Waals surface area contributed by atoms with Crippen molar-refractivity contribution in [3.8, 4) is 5.75 Å². The summed E-state index contributed by atoms with van der Waals surface area (Å²) >= 11 is 1.53. The lowest BCUT2D eigenvalue weighted by Crippen LogP contribution is -2.07. The van der Waals surface area contributed by atoms with Gasteiger partial charge in [-0.05, 0) is 48.2 Å². The van der Waals surface area contributed by atoms with Crippen LogP contribution in [0.5, 0.6) is 5.75 Å². The highest BCUT2D eigenvalue weighted by molar-refractivity contribution is 7.23. The molecule has 0 fully saturated rings. The number of methoxy groups -OCH3 is 1. The first-order valence-corrected chi connectivity index (χ1v) is 11.1. The summed E-state index contributed by atoms with van der Waals surface area (Å²) < 4.78 is 6.19. The third-order valence-electron chi connectivity index (χ3n) is 5.76. The Kier molecular flexibility index (Phi) is 5.33. The third kappa shape index (κ3) is 3.61. The molecule has 0 saturated carbocycles. The Hall–Kier alpha value is -3.71. The van der Waals surface area contributed by atoms with Gasteiger partial charge in [0.25, 0.3) is 0 Å². The number of nitrogens with one attached hydrogen (secondary N) is 1. The van der Waals surface area contributed by atoms with Crippen molar-refractivity contribution in [1.82, 2.24) is 4.98 Å². The molecular formula is C25H21N3O3S. The van der Waals surface area contributed by atoms with Gasteiger partial charge in [0.05, 0.1) is 23.1 Å². The fourth-order valence-electron chi connectivity index (χ4n) is 4.09. The summed E-state index contributed by atoms with van der Waals surface area (Å²) in [7, 11) is 1.65. The smallest absolute Gasteiger partial charge is 0.196 e. The molecule has 2 heterocycles. The summed E-state index contributed by atoms with van der Waals surface area (Å²) in [5, 5.41) is 17.7. The van der Waals surface area contributed by atoms with Crippen molar-refractivity contribution in [2.24, 2.45) is 5.16 Å². The van der Waals surface area contributed by atoms with Gasteiger partial charge in [-0.15, -0.1) is 11.3 Å². The van der Waals surface area contributed by atoms with Crippen LogP contribution in [0.15, 0.2) is 66.1 Å². The lowest BCUT2D eigenvalue weighted by Gasteiger charge is -2.09. The van der Waals surface area contributed by atoms with Gasteiger partial charge < -0.3 is 15.3 Å². The quantitative estimate of drug-likeness (QED) is 0.241. The highest BCUT2D eigenvalue weighted by Gasteiger charge is 2.24. The topological polar surface area (TPSA) is 83.8 Å². The zero-order valence-corrected chi connectivity index (χ0v) is 18.3. The number of aromatic nitrogens is 1. The van der Waals surface area contributed by atoms with Crippen molar-refractivity contribution in [3.05, 3.63) is 88.7 Å². The Morgan fingerprint density at radius 1 is 1.19 bits per heavy atom. The largest absolute Gasteiger partial charge is 0.497 e. The molecule has 5 rings (SSSR count). The van der Waals surface area contributed by atoms with E-state index in [9.17, 15) is 10.0 Å². The molecule has 0 atom stereocenters. The van der Waals surface area contributed by atoms with E-state index in [4.69, 9.17) is 4.74 Å². The number of nitrogens with zero attached hydrogens (tertiary/aromatic N) is 2. The van der Waals surface area contributed by atoms with Gasteiger partial charge in [0.2, 0.25) is 0 Å². The molecule has 0 aliphatic heterocycles. The van der Waals surface area contributed by atoms with Crippen molar-refractivity contribution in [1.29, 1.82) is 0 Å². The number of benzene rings is 2. The zero-order chi connectivity index (χ0) is 22.1. The van der Waals surface area contributed by atoms with Crippen molar-refractivity contribution < 1.29 is 14.7 Å². The highest BCUT2D eigenvalue weighted by atomic mass is 32.1. The molecule has 2 N–H and O–H groups in total. The number of ketones is 1. The number of hydrogen-bond donors (Lipinski definition) is 2. The molecule has 6 nitrogen and oxygen atoms in total. The molecule has 32 heavy (non-hydrogen) atoms. The van der Waals surface area contributed by atoms with E-state index in [-0.39, 0.29) is 5.78 Å². The van der Waals surface area contributed by atoms with E-state index >= 15 is 0 Å². The third-order valence-corrected chi connectivity index (χ3v) is 6.86. The number of ether oxygens (including phenoxy) is 1. The number of carbonyl (C=O) groups is 1. The average Bonchev–Trinajstić information content (AvgIpc) is 3.43. The normalized spacial score (nSPS) is 14.0. The van der Waals surface area contributed by atoms with E-state index in [1.807, 2.05) is 48.5 Å².